The summed E-state index contributed by atoms with van der Waals surface area (Å²) in [6, 6.07) is 12.4. The number of nitrogens with one attached hydrogen (secondary N) is 1. The van der Waals surface area contributed by atoms with Crippen LogP contribution in [0.3, 0.4) is 0 Å². The lowest BCUT2D eigenvalue weighted by Crippen LogP contribution is -2.27. The van der Waals surface area contributed by atoms with Crippen LogP contribution in [0.4, 0.5) is 0 Å². The SMILES string of the molecule is O=C(Cc1noc2ccc(I)cc2c1=O)NCc1ccc(Cl)cc1. The summed E-state index contributed by atoms with van der Waals surface area (Å²) in [5, 5.41) is 7.59. The summed E-state index contributed by atoms with van der Waals surface area (Å²) in [6.07, 6.45) is -0.128. The molecule has 0 aliphatic rings. The summed E-state index contributed by atoms with van der Waals surface area (Å²) in [5.41, 5.74) is 1.14. The quantitative estimate of drug-likeness (QED) is 0.614. The van der Waals surface area contributed by atoms with E-state index in [0.717, 1.165) is 9.13 Å². The average Bonchev–Trinajstić information content (AvgIpc) is 2.57. The normalized spacial score (nSPS) is 10.8. The second kappa shape index (κ2) is 7.31. The first kappa shape index (κ1) is 16.9. The van der Waals surface area contributed by atoms with Crippen molar-refractivity contribution in [2.24, 2.45) is 0 Å². The van der Waals surface area contributed by atoms with Gasteiger partial charge < -0.3 is 9.84 Å². The molecule has 0 atom stereocenters. The van der Waals surface area contributed by atoms with Crippen LogP contribution in [0, 0.1) is 3.57 Å². The lowest BCUT2D eigenvalue weighted by Gasteiger charge is -2.05. The van der Waals surface area contributed by atoms with E-state index < -0.39 is 0 Å². The molecule has 0 radical (unpaired) electrons. The zero-order chi connectivity index (χ0) is 17.1. The molecule has 0 bridgehead atoms. The summed E-state index contributed by atoms with van der Waals surface area (Å²) in [4.78, 5) is 24.5. The Morgan fingerprint density at radius 3 is 2.71 bits per heavy atom. The average molecular weight is 455 g/mol. The summed E-state index contributed by atoms with van der Waals surface area (Å²) in [5.74, 6) is -0.297. The summed E-state index contributed by atoms with van der Waals surface area (Å²) in [6.45, 7) is 0.354. The number of fused-ring (bicyclic) bond motifs is 1. The Kier molecular flexibility index (Phi) is 5.15. The molecule has 5 nitrogen and oxygen atoms in total. The van der Waals surface area contributed by atoms with Crippen LogP contribution in [0.25, 0.3) is 11.0 Å². The van der Waals surface area contributed by atoms with E-state index in [1.807, 2.05) is 18.2 Å². The van der Waals surface area contributed by atoms with Crippen molar-refractivity contribution < 1.29 is 9.32 Å². The molecule has 1 amide bonds. The minimum Gasteiger partial charge on any atom is -0.356 e. The molecule has 3 rings (SSSR count). The zero-order valence-corrected chi connectivity index (χ0v) is 15.3. The van der Waals surface area contributed by atoms with Crippen LogP contribution in [0.5, 0.6) is 0 Å². The van der Waals surface area contributed by atoms with E-state index in [0.29, 0.717) is 22.5 Å². The van der Waals surface area contributed by atoms with Gasteiger partial charge in [0.2, 0.25) is 11.3 Å². The maximum absolute atomic E-state index is 12.4. The standard InChI is InChI=1S/C17H12ClIN2O3/c18-11-3-1-10(2-4-11)9-20-16(22)8-14-17(23)13-7-12(19)5-6-15(13)24-21-14/h1-7H,8-9H2,(H,20,22). The fourth-order valence-electron chi connectivity index (χ4n) is 2.19. The molecule has 0 unspecified atom stereocenters. The van der Waals surface area contributed by atoms with Crippen LogP contribution in [-0.4, -0.2) is 11.1 Å². The minimum atomic E-state index is -0.297. The molecule has 24 heavy (non-hydrogen) atoms. The van der Waals surface area contributed by atoms with E-state index in [2.05, 4.69) is 33.1 Å². The molecule has 3 aromatic rings. The minimum absolute atomic E-state index is 0.0955. The molecule has 0 saturated carbocycles. The van der Waals surface area contributed by atoms with Gasteiger partial charge in [-0.15, -0.1) is 0 Å². The van der Waals surface area contributed by atoms with E-state index in [-0.39, 0.29) is 23.5 Å². The van der Waals surface area contributed by atoms with Gasteiger partial charge in [-0.05, 0) is 58.5 Å². The number of hydrogen-bond acceptors (Lipinski definition) is 4. The number of carbonyl (C=O) groups excluding carboxylic acids is 1. The second-order valence-electron chi connectivity index (χ2n) is 5.18. The van der Waals surface area contributed by atoms with E-state index in [9.17, 15) is 9.59 Å². The highest BCUT2D eigenvalue weighted by atomic mass is 127. The number of carbonyl (C=O) groups is 1. The third kappa shape index (κ3) is 3.93. The van der Waals surface area contributed by atoms with Gasteiger partial charge in [-0.2, -0.15) is 0 Å². The number of nitrogens with zero attached hydrogens (tertiary/aromatic N) is 1. The van der Waals surface area contributed by atoms with Crippen molar-refractivity contribution in [3.8, 4) is 0 Å². The van der Waals surface area contributed by atoms with Crippen molar-refractivity contribution in [3.05, 3.63) is 72.5 Å². The molecular weight excluding hydrogens is 443 g/mol. The van der Waals surface area contributed by atoms with Crippen LogP contribution in [0.1, 0.15) is 11.3 Å². The van der Waals surface area contributed by atoms with Crippen LogP contribution in [0.2, 0.25) is 5.02 Å². The second-order valence-corrected chi connectivity index (χ2v) is 6.86. The fraction of sp³-hybridized carbons (Fsp3) is 0.118. The van der Waals surface area contributed by atoms with Gasteiger partial charge in [0.25, 0.3) is 0 Å². The first-order valence-electron chi connectivity index (χ1n) is 7.12. The largest absolute Gasteiger partial charge is 0.356 e. The molecule has 0 fully saturated rings. The van der Waals surface area contributed by atoms with Crippen molar-refractivity contribution >= 4 is 51.1 Å². The van der Waals surface area contributed by atoms with Gasteiger partial charge in [0.05, 0.1) is 11.8 Å². The Hall–Kier alpha value is -1.93. The van der Waals surface area contributed by atoms with Gasteiger partial charge >= 0.3 is 0 Å². The van der Waals surface area contributed by atoms with Crippen molar-refractivity contribution in [1.82, 2.24) is 10.5 Å². The van der Waals surface area contributed by atoms with Crippen LogP contribution < -0.4 is 10.7 Å². The van der Waals surface area contributed by atoms with Crippen LogP contribution >= 0.6 is 34.2 Å². The van der Waals surface area contributed by atoms with Crippen molar-refractivity contribution in [1.29, 1.82) is 0 Å². The molecule has 122 valence electrons. The molecule has 0 spiro atoms. The molecule has 1 heterocycles. The molecule has 0 aliphatic carbocycles. The van der Waals surface area contributed by atoms with Gasteiger partial charge in [-0.25, -0.2) is 0 Å². The third-order valence-corrected chi connectivity index (χ3v) is 4.36. The Morgan fingerprint density at radius 1 is 1.21 bits per heavy atom. The number of benzene rings is 2. The number of amides is 1. The Balaban J connectivity index is 1.72. The third-order valence-electron chi connectivity index (χ3n) is 3.43. The van der Waals surface area contributed by atoms with Gasteiger partial charge in [0.1, 0.15) is 5.69 Å². The zero-order valence-electron chi connectivity index (χ0n) is 12.4. The molecule has 1 aromatic heterocycles. The van der Waals surface area contributed by atoms with Crippen molar-refractivity contribution in [2.75, 3.05) is 0 Å². The lowest BCUT2D eigenvalue weighted by molar-refractivity contribution is -0.120. The first-order valence-corrected chi connectivity index (χ1v) is 8.58. The van der Waals surface area contributed by atoms with Crippen LogP contribution in [-0.2, 0) is 17.8 Å². The lowest BCUT2D eigenvalue weighted by atomic mass is 10.2. The van der Waals surface area contributed by atoms with E-state index >= 15 is 0 Å². The van der Waals surface area contributed by atoms with E-state index in [1.54, 1.807) is 24.3 Å². The molecule has 1 N–H and O–H groups in total. The highest BCUT2D eigenvalue weighted by Crippen LogP contribution is 2.14. The number of hydrogen-bond donors (Lipinski definition) is 1. The summed E-state index contributed by atoms with van der Waals surface area (Å²) < 4.78 is 6.12. The van der Waals surface area contributed by atoms with Gasteiger partial charge in [0.15, 0.2) is 5.58 Å². The van der Waals surface area contributed by atoms with Gasteiger partial charge in [-0.1, -0.05) is 28.9 Å². The summed E-state index contributed by atoms with van der Waals surface area (Å²) in [7, 11) is 0. The first-order chi connectivity index (χ1) is 11.5. The Labute approximate surface area is 156 Å². The molecule has 2 aromatic carbocycles. The summed E-state index contributed by atoms with van der Waals surface area (Å²) >= 11 is 7.93. The highest BCUT2D eigenvalue weighted by molar-refractivity contribution is 14.1. The number of rotatable bonds is 4. The number of aromatic nitrogens is 1. The Bertz CT molecular complexity index is 954. The van der Waals surface area contributed by atoms with E-state index in [1.165, 1.54) is 0 Å². The van der Waals surface area contributed by atoms with Crippen molar-refractivity contribution in [2.45, 2.75) is 13.0 Å². The molecule has 0 saturated heterocycles. The number of halogens is 2. The van der Waals surface area contributed by atoms with Crippen molar-refractivity contribution in [3.63, 3.8) is 0 Å². The smallest absolute Gasteiger partial charge is 0.226 e. The predicted molar refractivity (Wildman–Crippen MR) is 100.0 cm³/mol. The topological polar surface area (TPSA) is 72.2 Å². The van der Waals surface area contributed by atoms with E-state index in [4.69, 9.17) is 16.1 Å². The molecule has 7 heteroatoms. The highest BCUT2D eigenvalue weighted by Gasteiger charge is 2.13. The molecule has 0 aliphatic heterocycles. The van der Waals surface area contributed by atoms with Crippen LogP contribution in [0.15, 0.2) is 51.8 Å². The monoisotopic (exact) mass is 454 g/mol. The van der Waals surface area contributed by atoms with Gasteiger partial charge in [-0.3, -0.25) is 9.59 Å². The van der Waals surface area contributed by atoms with Gasteiger partial charge in [0, 0.05) is 15.1 Å². The maximum atomic E-state index is 12.4. The predicted octanol–water partition coefficient (Wildman–Crippen LogP) is 3.30. The molecular formula is C17H12ClIN2O3. The maximum Gasteiger partial charge on any atom is 0.226 e. The Morgan fingerprint density at radius 2 is 1.96 bits per heavy atom. The fourth-order valence-corrected chi connectivity index (χ4v) is 2.81.